The van der Waals surface area contributed by atoms with E-state index in [0.717, 1.165) is 51.4 Å². The SMILES string of the molecule is CCCCCCCOC(=O)Oc1ccc(C(=O)CCCCCCC)cc1[C]=O. The highest BCUT2D eigenvalue weighted by Gasteiger charge is 2.14. The van der Waals surface area contributed by atoms with Gasteiger partial charge in [-0.15, -0.1) is 0 Å². The second kappa shape index (κ2) is 14.8. The lowest BCUT2D eigenvalue weighted by atomic mass is 10.0. The first-order valence-electron chi connectivity index (χ1n) is 10.5. The van der Waals surface area contributed by atoms with Gasteiger partial charge < -0.3 is 9.47 Å². The summed E-state index contributed by atoms with van der Waals surface area (Å²) in [6, 6.07) is 4.45. The van der Waals surface area contributed by atoms with E-state index in [1.807, 2.05) is 0 Å². The maximum Gasteiger partial charge on any atom is 0.513 e. The Morgan fingerprint density at radius 2 is 1.54 bits per heavy atom. The number of carbonyl (C=O) groups excluding carboxylic acids is 3. The van der Waals surface area contributed by atoms with Gasteiger partial charge in [0.25, 0.3) is 0 Å². The average Bonchev–Trinajstić information content (AvgIpc) is 2.70. The zero-order chi connectivity index (χ0) is 20.6. The van der Waals surface area contributed by atoms with E-state index in [9.17, 15) is 14.4 Å². The van der Waals surface area contributed by atoms with Crippen molar-refractivity contribution in [1.82, 2.24) is 0 Å². The molecule has 0 amide bonds. The van der Waals surface area contributed by atoms with E-state index < -0.39 is 6.16 Å². The smallest absolute Gasteiger partial charge is 0.434 e. The maximum absolute atomic E-state index is 12.3. The summed E-state index contributed by atoms with van der Waals surface area (Å²) < 4.78 is 10.1. The number of hydrogen-bond donors (Lipinski definition) is 0. The summed E-state index contributed by atoms with van der Waals surface area (Å²) >= 11 is 0. The molecule has 0 N–H and O–H groups in total. The van der Waals surface area contributed by atoms with Gasteiger partial charge >= 0.3 is 6.16 Å². The number of carbonyl (C=O) groups is 2. The number of rotatable bonds is 15. The summed E-state index contributed by atoms with van der Waals surface area (Å²) in [5, 5.41) is 0. The molecule has 0 spiro atoms. The van der Waals surface area contributed by atoms with Crippen LogP contribution in [0.15, 0.2) is 18.2 Å². The van der Waals surface area contributed by atoms with Gasteiger partial charge in [-0.05, 0) is 31.0 Å². The molecule has 0 bridgehead atoms. The van der Waals surface area contributed by atoms with Gasteiger partial charge in [0.05, 0.1) is 12.2 Å². The highest BCUT2D eigenvalue weighted by Crippen LogP contribution is 2.21. The minimum Gasteiger partial charge on any atom is -0.434 e. The predicted molar refractivity (Wildman–Crippen MR) is 110 cm³/mol. The summed E-state index contributed by atoms with van der Waals surface area (Å²) in [6.45, 7) is 4.58. The Morgan fingerprint density at radius 1 is 0.893 bits per heavy atom. The molecule has 5 heteroatoms. The molecule has 28 heavy (non-hydrogen) atoms. The Bertz CT molecular complexity index is 609. The van der Waals surface area contributed by atoms with Crippen LogP contribution in [0.25, 0.3) is 0 Å². The van der Waals surface area contributed by atoms with Crippen LogP contribution in [0.4, 0.5) is 4.79 Å². The summed E-state index contributed by atoms with van der Waals surface area (Å²) in [6.07, 6.45) is 11.9. The quantitative estimate of drug-likeness (QED) is 0.155. The van der Waals surface area contributed by atoms with Crippen LogP contribution < -0.4 is 4.74 Å². The van der Waals surface area contributed by atoms with Crippen LogP contribution in [0.2, 0.25) is 0 Å². The van der Waals surface area contributed by atoms with Crippen molar-refractivity contribution in [2.45, 2.75) is 84.5 Å². The molecule has 1 aromatic rings. The lowest BCUT2D eigenvalue weighted by Crippen LogP contribution is -2.13. The van der Waals surface area contributed by atoms with Crippen LogP contribution in [0.5, 0.6) is 5.75 Å². The standard InChI is InChI=1S/C23H33O5/c1-3-5-7-9-11-13-21(25)19-14-15-22(20(17-19)18-24)28-23(26)27-16-12-10-8-6-4-2/h14-15,17H,3-13,16H2,1-2H3. The fourth-order valence-electron chi connectivity index (χ4n) is 2.89. The normalized spacial score (nSPS) is 10.5. The first kappa shape index (κ1) is 23.9. The molecule has 0 heterocycles. The Hall–Kier alpha value is -2.17. The molecule has 155 valence electrons. The molecular formula is C23H33O5. The molecule has 0 aliphatic carbocycles. The predicted octanol–water partition coefficient (Wildman–Crippen LogP) is 6.17. The molecular weight excluding hydrogens is 356 g/mol. The van der Waals surface area contributed by atoms with E-state index in [1.165, 1.54) is 25.0 Å². The zero-order valence-electron chi connectivity index (χ0n) is 17.3. The molecule has 0 saturated heterocycles. The molecule has 1 rings (SSSR count). The minimum atomic E-state index is -0.845. The first-order chi connectivity index (χ1) is 13.6. The topological polar surface area (TPSA) is 69.7 Å². The second-order valence-corrected chi connectivity index (χ2v) is 7.02. The fourth-order valence-corrected chi connectivity index (χ4v) is 2.89. The van der Waals surface area contributed by atoms with Gasteiger partial charge in [-0.3, -0.25) is 9.59 Å². The number of ketones is 1. The van der Waals surface area contributed by atoms with Crippen LogP contribution in [0, 0.1) is 0 Å². The van der Waals surface area contributed by atoms with Gasteiger partial charge in [-0.2, -0.15) is 0 Å². The van der Waals surface area contributed by atoms with Gasteiger partial charge in [-0.25, -0.2) is 4.79 Å². The molecule has 0 aliphatic rings. The Morgan fingerprint density at radius 3 is 2.18 bits per heavy atom. The van der Waals surface area contributed by atoms with E-state index in [2.05, 4.69) is 13.8 Å². The largest absolute Gasteiger partial charge is 0.513 e. The van der Waals surface area contributed by atoms with Crippen molar-refractivity contribution in [3.63, 3.8) is 0 Å². The van der Waals surface area contributed by atoms with Crippen molar-refractivity contribution < 1.29 is 23.9 Å². The van der Waals surface area contributed by atoms with Crippen LogP contribution in [0.3, 0.4) is 0 Å². The average molecular weight is 390 g/mol. The van der Waals surface area contributed by atoms with Crippen molar-refractivity contribution in [1.29, 1.82) is 0 Å². The van der Waals surface area contributed by atoms with E-state index in [1.54, 1.807) is 12.4 Å². The molecule has 0 aromatic heterocycles. The maximum atomic E-state index is 12.3. The van der Waals surface area contributed by atoms with Gasteiger partial charge in [-0.1, -0.05) is 65.2 Å². The van der Waals surface area contributed by atoms with Gasteiger partial charge in [0.15, 0.2) is 5.78 Å². The van der Waals surface area contributed by atoms with Crippen molar-refractivity contribution in [2.24, 2.45) is 0 Å². The summed E-state index contributed by atoms with van der Waals surface area (Å²) in [5.74, 6) is 0.0414. The third-order valence-corrected chi connectivity index (χ3v) is 4.58. The van der Waals surface area contributed by atoms with Gasteiger partial charge in [0, 0.05) is 12.0 Å². The molecule has 1 radical (unpaired) electrons. The molecule has 0 fully saturated rings. The number of Topliss-reactive ketones (excluding diaryl/α,β-unsaturated/α-hetero) is 1. The van der Waals surface area contributed by atoms with Crippen LogP contribution in [-0.4, -0.2) is 24.8 Å². The summed E-state index contributed by atoms with van der Waals surface area (Å²) in [7, 11) is 0. The van der Waals surface area contributed by atoms with Crippen LogP contribution in [-0.2, 0) is 9.53 Å². The van der Waals surface area contributed by atoms with Crippen molar-refractivity contribution >= 4 is 18.2 Å². The lowest BCUT2D eigenvalue weighted by Gasteiger charge is -2.09. The Balaban J connectivity index is 2.47. The molecule has 1 aromatic carbocycles. The second-order valence-electron chi connectivity index (χ2n) is 7.02. The van der Waals surface area contributed by atoms with E-state index >= 15 is 0 Å². The number of hydrogen-bond acceptors (Lipinski definition) is 5. The van der Waals surface area contributed by atoms with E-state index in [0.29, 0.717) is 12.0 Å². The van der Waals surface area contributed by atoms with Crippen molar-refractivity contribution in [2.75, 3.05) is 6.61 Å². The molecule has 0 atom stereocenters. The highest BCUT2D eigenvalue weighted by molar-refractivity contribution is 5.98. The third-order valence-electron chi connectivity index (χ3n) is 4.58. The monoisotopic (exact) mass is 389 g/mol. The summed E-state index contributed by atoms with van der Waals surface area (Å²) in [5.41, 5.74) is 0.488. The molecule has 5 nitrogen and oxygen atoms in total. The Kier molecular flexibility index (Phi) is 12.6. The number of unbranched alkanes of at least 4 members (excludes halogenated alkanes) is 8. The Labute approximate surface area is 168 Å². The van der Waals surface area contributed by atoms with E-state index in [-0.39, 0.29) is 23.7 Å². The third kappa shape index (κ3) is 9.67. The van der Waals surface area contributed by atoms with Gasteiger partial charge in [0.2, 0.25) is 6.29 Å². The van der Waals surface area contributed by atoms with E-state index in [4.69, 9.17) is 9.47 Å². The first-order valence-corrected chi connectivity index (χ1v) is 10.5. The number of benzene rings is 1. The van der Waals surface area contributed by atoms with Crippen molar-refractivity contribution in [3.05, 3.63) is 29.3 Å². The van der Waals surface area contributed by atoms with Gasteiger partial charge in [0.1, 0.15) is 5.75 Å². The zero-order valence-corrected chi connectivity index (χ0v) is 17.3. The van der Waals surface area contributed by atoms with Crippen molar-refractivity contribution in [3.8, 4) is 5.75 Å². The minimum absolute atomic E-state index is 0.0193. The summed E-state index contributed by atoms with van der Waals surface area (Å²) in [4.78, 5) is 35.2. The molecule has 0 saturated carbocycles. The number of ether oxygens (including phenoxy) is 2. The highest BCUT2D eigenvalue weighted by atomic mass is 16.7. The van der Waals surface area contributed by atoms with Crippen LogP contribution >= 0.6 is 0 Å². The lowest BCUT2D eigenvalue weighted by molar-refractivity contribution is 0.0971. The molecule has 0 unspecified atom stereocenters. The van der Waals surface area contributed by atoms with Crippen LogP contribution in [0.1, 0.15) is 100 Å². The fraction of sp³-hybridized carbons (Fsp3) is 0.609. The molecule has 0 aliphatic heterocycles.